The first-order valence-corrected chi connectivity index (χ1v) is 38.5. The number of ether oxygens (including phenoxy) is 10. The van der Waals surface area contributed by atoms with Crippen LogP contribution >= 0.6 is 0 Å². The summed E-state index contributed by atoms with van der Waals surface area (Å²) >= 11 is 0. The second-order valence-corrected chi connectivity index (χ2v) is 28.5. The van der Waals surface area contributed by atoms with Crippen molar-refractivity contribution in [2.75, 3.05) is 39.6 Å². The topological polar surface area (TPSA) is 474 Å². The van der Waals surface area contributed by atoms with Crippen molar-refractivity contribution in [3.05, 3.63) is 12.2 Å². The average molecular weight is 1470 g/mol. The third kappa shape index (κ3) is 29.2. The van der Waals surface area contributed by atoms with E-state index in [0.29, 0.717) is 12.8 Å². The van der Waals surface area contributed by atoms with Gasteiger partial charge in [-0.3, -0.25) is 9.59 Å². The smallest absolute Gasteiger partial charge is 0.220 e. The Bertz CT molecular complexity index is 2220. The summed E-state index contributed by atoms with van der Waals surface area (Å²) in [6, 6.07) is -2.60. The molecular formula is C72H132N2O28. The van der Waals surface area contributed by atoms with Gasteiger partial charge in [0.1, 0.15) is 122 Å². The summed E-state index contributed by atoms with van der Waals surface area (Å²) in [7, 11) is 0. The van der Waals surface area contributed by atoms with Crippen LogP contribution in [0, 0.1) is 0 Å². The van der Waals surface area contributed by atoms with Crippen LogP contribution in [-0.4, -0.2) is 299 Å². The third-order valence-corrected chi connectivity index (χ3v) is 20.2. The van der Waals surface area contributed by atoms with Crippen LogP contribution in [0.5, 0.6) is 0 Å². The third-order valence-electron chi connectivity index (χ3n) is 20.2. The fourth-order valence-corrected chi connectivity index (χ4v) is 13.9. The zero-order valence-electron chi connectivity index (χ0n) is 60.7. The molecule has 30 nitrogen and oxygen atoms in total. The van der Waals surface area contributed by atoms with E-state index < -0.39 is 211 Å². The molecule has 0 aromatic rings. The lowest BCUT2D eigenvalue weighted by Crippen LogP contribution is -2.69. The molecule has 5 fully saturated rings. The van der Waals surface area contributed by atoms with Crippen molar-refractivity contribution in [3.63, 3.8) is 0 Å². The number of nitrogens with one attached hydrogen (secondary N) is 2. The summed E-state index contributed by atoms with van der Waals surface area (Å²) in [6.45, 7) is 0.398. The molecular weight excluding hydrogens is 1340 g/mol. The molecule has 27 atom stereocenters. The Morgan fingerprint density at radius 3 is 1.13 bits per heavy atom. The van der Waals surface area contributed by atoms with Crippen LogP contribution in [0.2, 0.25) is 0 Å². The van der Waals surface area contributed by atoms with E-state index in [2.05, 4.69) is 24.5 Å². The standard InChI is InChI=1S/C72H132N2O28/c1-4-6-8-10-12-14-16-18-19-20-21-22-23-25-27-29-31-33-35-37-52(82)74-45(46(81)36-34-32-30-28-26-24-17-15-13-11-9-7-5-2)43-93-69-60(89)58(87)64(50(41-78)97-69)99-70-61(90)59(88)65(51(42-79)98-70)100-71-63(92)67(56(85)49(40-77)95-71)102-72-62(91)66(55(84)48(39-76)96-72)101-68-53(73-44(3)80)57(86)54(83)47(38-75)94-68/h34,36,45-51,53-72,75-79,81,83-92H,4-33,35,37-43H2,1-3H3,(H,73,80)(H,74,82)/b36-34+/t45-,46+,47?,48?,49?,50?,51?,53?,54-,55-,56-,57+,58+,59+,60?,61?,62?,63?,64+,65-,66-,67-,68-,69+,70-,71-,72+/m0/s1. The largest absolute Gasteiger partial charge is 0.394 e. The van der Waals surface area contributed by atoms with Gasteiger partial charge in [0.25, 0.3) is 0 Å². The molecule has 30 heteroatoms. The fraction of sp³-hybridized carbons (Fsp3) is 0.944. The van der Waals surface area contributed by atoms with Crippen molar-refractivity contribution in [3.8, 4) is 0 Å². The van der Waals surface area contributed by atoms with E-state index >= 15 is 0 Å². The van der Waals surface area contributed by atoms with Crippen LogP contribution in [-0.2, 0) is 57.0 Å². The lowest BCUT2D eigenvalue weighted by molar-refractivity contribution is -0.393. The van der Waals surface area contributed by atoms with E-state index in [1.165, 1.54) is 141 Å². The Morgan fingerprint density at radius 1 is 0.382 bits per heavy atom. The van der Waals surface area contributed by atoms with Crippen LogP contribution in [0.4, 0.5) is 0 Å². The molecule has 2 amide bonds. The van der Waals surface area contributed by atoms with E-state index in [-0.39, 0.29) is 12.3 Å². The first kappa shape index (κ1) is 90.3. The SMILES string of the molecule is CCCCCCCCCCCCC/C=C/[C@@H](O)[C@H](CO[C@@H]1OC(CO)[C@@H](O[C@@H]2OC(CO)[C@H](O[C@@H]3OC(CO)[C@H](O)[C@H](O[C@H]4OC(CO)[C@H](O)[C@H](O[C@@H]5OC(CO)[C@H](O)[C@H](O)C5NC(C)=O)C4O)C3O)[C@H](O)C2O)[C@H](O)C1O)NC(=O)CCCCCCCCCCCCCCCCCCCCC. The average Bonchev–Trinajstić information content (AvgIpc) is 0.777. The van der Waals surface area contributed by atoms with Crippen molar-refractivity contribution in [1.29, 1.82) is 0 Å². The van der Waals surface area contributed by atoms with Gasteiger partial charge in [0.05, 0.1) is 51.8 Å². The number of hydrogen-bond donors (Lipinski definition) is 18. The lowest BCUT2D eigenvalue weighted by atomic mass is 9.95. The molecule has 0 spiro atoms. The molecule has 10 unspecified atom stereocenters. The summed E-state index contributed by atoms with van der Waals surface area (Å²) in [6.07, 6.45) is -5.90. The van der Waals surface area contributed by atoms with Gasteiger partial charge in [-0.15, -0.1) is 0 Å². The van der Waals surface area contributed by atoms with Gasteiger partial charge in [-0.05, 0) is 19.3 Å². The molecule has 5 heterocycles. The first-order valence-electron chi connectivity index (χ1n) is 38.5. The van der Waals surface area contributed by atoms with E-state index in [4.69, 9.17) is 47.4 Å². The molecule has 5 rings (SSSR count). The maximum absolute atomic E-state index is 13.5. The number of hydrogen-bond acceptors (Lipinski definition) is 28. The predicted molar refractivity (Wildman–Crippen MR) is 368 cm³/mol. The summed E-state index contributed by atoms with van der Waals surface area (Å²) in [4.78, 5) is 25.6. The normalized spacial score (nSPS) is 35.2. The van der Waals surface area contributed by atoms with E-state index in [0.717, 1.165) is 51.9 Å². The maximum atomic E-state index is 13.5. The molecule has 598 valence electrons. The Kier molecular flexibility index (Phi) is 44.6. The number of carbonyl (C=O) groups is 2. The van der Waals surface area contributed by atoms with Gasteiger partial charge < -0.3 is 140 Å². The quantitative estimate of drug-likeness (QED) is 0.0300. The van der Waals surface area contributed by atoms with Crippen molar-refractivity contribution in [2.45, 2.75) is 392 Å². The molecule has 0 saturated carbocycles. The van der Waals surface area contributed by atoms with Gasteiger partial charge in [0.2, 0.25) is 11.8 Å². The zero-order valence-corrected chi connectivity index (χ0v) is 60.7. The minimum absolute atomic E-state index is 0.199. The van der Waals surface area contributed by atoms with Crippen molar-refractivity contribution >= 4 is 11.8 Å². The zero-order chi connectivity index (χ0) is 74.5. The molecule has 18 N–H and O–H groups in total. The van der Waals surface area contributed by atoms with E-state index in [1.807, 2.05) is 6.08 Å². The van der Waals surface area contributed by atoms with Gasteiger partial charge in [0.15, 0.2) is 31.5 Å². The molecule has 5 saturated heterocycles. The number of aliphatic hydroxyl groups is 16. The molecule has 0 bridgehead atoms. The molecule has 5 aliphatic heterocycles. The number of amides is 2. The number of aliphatic hydroxyl groups excluding tert-OH is 16. The molecule has 0 aromatic carbocycles. The lowest BCUT2D eigenvalue weighted by Gasteiger charge is -2.50. The van der Waals surface area contributed by atoms with Crippen LogP contribution in [0.25, 0.3) is 0 Å². The van der Waals surface area contributed by atoms with E-state index in [9.17, 15) is 91.3 Å². The number of allylic oxidation sites excluding steroid dienone is 1. The Labute approximate surface area is 602 Å². The Hall–Kier alpha value is -2.36. The van der Waals surface area contributed by atoms with Crippen molar-refractivity contribution in [2.24, 2.45) is 0 Å². The minimum Gasteiger partial charge on any atom is -0.394 e. The number of unbranched alkanes of at least 4 members (excludes halogenated alkanes) is 29. The monoisotopic (exact) mass is 1470 g/mol. The summed E-state index contributed by atoms with van der Waals surface area (Å²) < 4.78 is 58.1. The van der Waals surface area contributed by atoms with Gasteiger partial charge in [-0.25, -0.2) is 0 Å². The highest BCUT2D eigenvalue weighted by atomic mass is 16.8. The van der Waals surface area contributed by atoms with Crippen LogP contribution in [0.3, 0.4) is 0 Å². The summed E-state index contributed by atoms with van der Waals surface area (Å²) in [5.41, 5.74) is 0. The van der Waals surface area contributed by atoms with Gasteiger partial charge in [-0.2, -0.15) is 0 Å². The van der Waals surface area contributed by atoms with Gasteiger partial charge in [-0.1, -0.05) is 206 Å². The van der Waals surface area contributed by atoms with Gasteiger partial charge >= 0.3 is 0 Å². The number of carbonyl (C=O) groups excluding carboxylic acids is 2. The predicted octanol–water partition coefficient (Wildman–Crippen LogP) is 1.17. The van der Waals surface area contributed by atoms with E-state index in [1.54, 1.807) is 6.08 Å². The Morgan fingerprint density at radius 2 is 0.716 bits per heavy atom. The first-order chi connectivity index (χ1) is 49.2. The van der Waals surface area contributed by atoms with Crippen molar-refractivity contribution < 1.29 is 139 Å². The minimum atomic E-state index is -2.19. The maximum Gasteiger partial charge on any atom is 0.220 e. The fourth-order valence-electron chi connectivity index (χ4n) is 13.9. The molecule has 102 heavy (non-hydrogen) atoms. The molecule has 5 aliphatic rings. The summed E-state index contributed by atoms with van der Waals surface area (Å²) in [5, 5.41) is 182. The van der Waals surface area contributed by atoms with Gasteiger partial charge in [0, 0.05) is 13.3 Å². The Balaban J connectivity index is 1.15. The molecule has 0 radical (unpaired) electrons. The highest BCUT2D eigenvalue weighted by molar-refractivity contribution is 5.76. The number of rotatable bonds is 52. The van der Waals surface area contributed by atoms with Crippen molar-refractivity contribution in [1.82, 2.24) is 10.6 Å². The summed E-state index contributed by atoms with van der Waals surface area (Å²) in [5.74, 6) is -1.05. The van der Waals surface area contributed by atoms with Crippen LogP contribution in [0.1, 0.15) is 226 Å². The second kappa shape index (κ2) is 50.4. The molecule has 0 aliphatic carbocycles. The second-order valence-electron chi connectivity index (χ2n) is 28.5. The van der Waals surface area contributed by atoms with Crippen LogP contribution < -0.4 is 10.6 Å². The molecule has 0 aromatic heterocycles. The van der Waals surface area contributed by atoms with Crippen LogP contribution in [0.15, 0.2) is 12.2 Å². The highest BCUT2D eigenvalue weighted by Crippen LogP contribution is 2.37. The highest BCUT2D eigenvalue weighted by Gasteiger charge is 2.57.